The van der Waals surface area contributed by atoms with Crippen molar-refractivity contribution in [3.63, 3.8) is 0 Å². The van der Waals surface area contributed by atoms with E-state index in [-0.39, 0.29) is 6.61 Å². The number of fused-ring (bicyclic) bond motifs is 1. The predicted octanol–water partition coefficient (Wildman–Crippen LogP) is 1.75. The summed E-state index contributed by atoms with van der Waals surface area (Å²) in [6, 6.07) is 6.73. The van der Waals surface area contributed by atoms with Gasteiger partial charge in [-0.3, -0.25) is 0 Å². The lowest BCUT2D eigenvalue weighted by Crippen LogP contribution is -2.24. The minimum Gasteiger partial charge on any atom is -0.491 e. The molecule has 7 heteroatoms. The normalized spacial score (nSPS) is 12.5. The van der Waals surface area contributed by atoms with Crippen LogP contribution in [0.5, 0.6) is 5.75 Å². The van der Waals surface area contributed by atoms with E-state index in [0.717, 1.165) is 16.8 Å². The molecule has 3 rings (SSSR count). The summed E-state index contributed by atoms with van der Waals surface area (Å²) in [5, 5.41) is 15.2. The SMILES string of the molecule is Cc1nc(C)n(C[C@@H](O)COc2ccc3c(C)cc(=O)oc3c2)n1. The Balaban J connectivity index is 1.69. The van der Waals surface area contributed by atoms with E-state index in [9.17, 15) is 9.90 Å². The van der Waals surface area contributed by atoms with Gasteiger partial charge in [-0.15, -0.1) is 0 Å². The van der Waals surface area contributed by atoms with E-state index in [0.29, 0.717) is 23.7 Å². The molecule has 2 aromatic heterocycles. The van der Waals surface area contributed by atoms with Crippen molar-refractivity contribution in [2.24, 2.45) is 0 Å². The number of hydrogen-bond donors (Lipinski definition) is 1. The Kier molecular flexibility index (Phi) is 4.35. The van der Waals surface area contributed by atoms with Crippen LogP contribution in [0.1, 0.15) is 17.2 Å². The van der Waals surface area contributed by atoms with E-state index >= 15 is 0 Å². The fraction of sp³-hybridized carbons (Fsp3) is 0.353. The number of hydrogen-bond acceptors (Lipinski definition) is 6. The van der Waals surface area contributed by atoms with Gasteiger partial charge in [0.2, 0.25) is 0 Å². The fourth-order valence-corrected chi connectivity index (χ4v) is 2.57. The molecule has 0 amide bonds. The molecule has 0 radical (unpaired) electrons. The summed E-state index contributed by atoms with van der Waals surface area (Å²) >= 11 is 0. The Bertz CT molecular complexity index is 929. The summed E-state index contributed by atoms with van der Waals surface area (Å²) in [5.74, 6) is 1.94. The van der Waals surface area contributed by atoms with E-state index in [1.807, 2.05) is 19.9 Å². The van der Waals surface area contributed by atoms with Crippen LogP contribution < -0.4 is 10.4 Å². The van der Waals surface area contributed by atoms with Gasteiger partial charge in [-0.2, -0.15) is 5.10 Å². The summed E-state index contributed by atoms with van der Waals surface area (Å²) in [6.07, 6.45) is -0.731. The quantitative estimate of drug-likeness (QED) is 0.717. The van der Waals surface area contributed by atoms with E-state index in [1.54, 1.807) is 23.7 Å². The molecule has 1 N–H and O–H groups in total. The highest BCUT2D eigenvalue weighted by Gasteiger charge is 2.11. The van der Waals surface area contributed by atoms with E-state index in [4.69, 9.17) is 9.15 Å². The van der Waals surface area contributed by atoms with Crippen LogP contribution in [0.25, 0.3) is 11.0 Å². The van der Waals surface area contributed by atoms with E-state index < -0.39 is 11.7 Å². The van der Waals surface area contributed by atoms with Gasteiger partial charge in [-0.25, -0.2) is 14.5 Å². The zero-order valence-electron chi connectivity index (χ0n) is 13.8. The van der Waals surface area contributed by atoms with Gasteiger partial charge in [-0.1, -0.05) is 0 Å². The molecule has 0 aliphatic rings. The molecule has 0 spiro atoms. The lowest BCUT2D eigenvalue weighted by atomic mass is 10.1. The second-order valence-electron chi connectivity index (χ2n) is 5.76. The second kappa shape index (κ2) is 6.45. The molecule has 1 atom stereocenters. The summed E-state index contributed by atoms with van der Waals surface area (Å²) in [7, 11) is 0. The average molecular weight is 329 g/mol. The Morgan fingerprint density at radius 3 is 2.79 bits per heavy atom. The van der Waals surface area contributed by atoms with Gasteiger partial charge >= 0.3 is 5.63 Å². The van der Waals surface area contributed by atoms with Crippen LogP contribution in [-0.2, 0) is 6.54 Å². The first-order valence-electron chi connectivity index (χ1n) is 7.66. The summed E-state index contributed by atoms with van der Waals surface area (Å²) in [6.45, 7) is 5.89. The topological polar surface area (TPSA) is 90.4 Å². The van der Waals surface area contributed by atoms with Gasteiger partial charge in [0.1, 0.15) is 35.7 Å². The Hall–Kier alpha value is -2.67. The first kappa shape index (κ1) is 16.2. The molecule has 0 fully saturated rings. The average Bonchev–Trinajstić information content (AvgIpc) is 2.82. The maximum atomic E-state index is 11.5. The zero-order chi connectivity index (χ0) is 17.3. The number of aromatic nitrogens is 3. The number of ether oxygens (including phenoxy) is 1. The highest BCUT2D eigenvalue weighted by molar-refractivity contribution is 5.81. The van der Waals surface area contributed by atoms with Gasteiger partial charge in [0.15, 0.2) is 0 Å². The molecule has 3 aromatic rings. The lowest BCUT2D eigenvalue weighted by Gasteiger charge is -2.13. The molecule has 0 aliphatic heterocycles. The third-order valence-electron chi connectivity index (χ3n) is 3.71. The number of aryl methyl sites for hydroxylation is 3. The smallest absolute Gasteiger partial charge is 0.336 e. The molecule has 0 unspecified atom stereocenters. The predicted molar refractivity (Wildman–Crippen MR) is 88.2 cm³/mol. The lowest BCUT2D eigenvalue weighted by molar-refractivity contribution is 0.0886. The first-order chi connectivity index (χ1) is 11.4. The molecule has 0 saturated heterocycles. The summed E-state index contributed by atoms with van der Waals surface area (Å²) < 4.78 is 12.4. The van der Waals surface area contributed by atoms with E-state index in [1.165, 1.54) is 6.07 Å². The van der Waals surface area contributed by atoms with Crippen LogP contribution in [-0.4, -0.2) is 32.6 Å². The monoisotopic (exact) mass is 329 g/mol. The van der Waals surface area contributed by atoms with Crippen LogP contribution in [0.3, 0.4) is 0 Å². The van der Waals surface area contributed by atoms with Gasteiger partial charge in [-0.05, 0) is 38.5 Å². The van der Waals surface area contributed by atoms with Crippen molar-refractivity contribution in [2.75, 3.05) is 6.61 Å². The van der Waals surface area contributed by atoms with Crippen LogP contribution in [0.4, 0.5) is 0 Å². The van der Waals surface area contributed by atoms with Crippen molar-refractivity contribution in [3.05, 3.63) is 51.9 Å². The van der Waals surface area contributed by atoms with Crippen molar-refractivity contribution in [3.8, 4) is 5.75 Å². The molecule has 24 heavy (non-hydrogen) atoms. The Labute approximate surface area is 138 Å². The third-order valence-corrected chi connectivity index (χ3v) is 3.71. The molecule has 0 saturated carbocycles. The Morgan fingerprint density at radius 2 is 2.08 bits per heavy atom. The maximum Gasteiger partial charge on any atom is 0.336 e. The highest BCUT2D eigenvalue weighted by atomic mass is 16.5. The third kappa shape index (κ3) is 3.46. The minimum atomic E-state index is -0.731. The standard InChI is InChI=1S/C17H19N3O4/c1-10-6-17(22)24-16-7-14(4-5-15(10)16)23-9-13(21)8-20-12(3)18-11(2)19-20/h4-7,13,21H,8-9H2,1-3H3/t13-/m1/s1. The summed E-state index contributed by atoms with van der Waals surface area (Å²) in [4.78, 5) is 15.6. The van der Waals surface area contributed by atoms with Crippen molar-refractivity contribution >= 4 is 11.0 Å². The zero-order valence-corrected chi connectivity index (χ0v) is 13.8. The van der Waals surface area contributed by atoms with Crippen molar-refractivity contribution in [2.45, 2.75) is 33.4 Å². The minimum absolute atomic E-state index is 0.0971. The van der Waals surface area contributed by atoms with Crippen molar-refractivity contribution in [1.82, 2.24) is 14.8 Å². The molecule has 0 aliphatic carbocycles. The van der Waals surface area contributed by atoms with Crippen molar-refractivity contribution < 1.29 is 14.3 Å². The largest absolute Gasteiger partial charge is 0.491 e. The van der Waals surface area contributed by atoms with Crippen LogP contribution >= 0.6 is 0 Å². The fourth-order valence-electron chi connectivity index (χ4n) is 2.57. The molecule has 0 bridgehead atoms. The molecule has 2 heterocycles. The van der Waals surface area contributed by atoms with E-state index in [2.05, 4.69) is 10.1 Å². The van der Waals surface area contributed by atoms with Gasteiger partial charge in [0.25, 0.3) is 0 Å². The molecular formula is C17H19N3O4. The second-order valence-corrected chi connectivity index (χ2v) is 5.76. The Morgan fingerprint density at radius 1 is 1.29 bits per heavy atom. The first-order valence-corrected chi connectivity index (χ1v) is 7.66. The van der Waals surface area contributed by atoms with Crippen LogP contribution in [0.15, 0.2) is 33.5 Å². The van der Waals surface area contributed by atoms with Crippen molar-refractivity contribution in [1.29, 1.82) is 0 Å². The molecule has 7 nitrogen and oxygen atoms in total. The summed E-state index contributed by atoms with van der Waals surface area (Å²) in [5.41, 5.74) is 0.925. The number of benzene rings is 1. The molecule has 126 valence electrons. The number of nitrogens with zero attached hydrogens (tertiary/aromatic N) is 3. The number of aliphatic hydroxyl groups excluding tert-OH is 1. The number of rotatable bonds is 5. The van der Waals surface area contributed by atoms with Crippen LogP contribution in [0, 0.1) is 20.8 Å². The molecular weight excluding hydrogens is 310 g/mol. The highest BCUT2D eigenvalue weighted by Crippen LogP contribution is 2.22. The number of aliphatic hydroxyl groups is 1. The maximum absolute atomic E-state index is 11.5. The molecule has 1 aromatic carbocycles. The van der Waals surface area contributed by atoms with Crippen LogP contribution in [0.2, 0.25) is 0 Å². The van der Waals surface area contributed by atoms with Gasteiger partial charge in [0.05, 0.1) is 6.54 Å². The van der Waals surface area contributed by atoms with Gasteiger partial charge < -0.3 is 14.3 Å². The van der Waals surface area contributed by atoms with Gasteiger partial charge in [0, 0.05) is 17.5 Å².